The largest absolute Gasteiger partial charge is 0.0988 e. The zero-order valence-electron chi connectivity index (χ0n) is 10.5. The number of unbranched alkanes of at least 4 members (excludes halogenated alkanes) is 2. The molecular formula is C15H26. The first kappa shape index (κ1) is 12.5. The highest BCUT2D eigenvalue weighted by atomic mass is 14.3. The molecule has 0 saturated heterocycles. The lowest BCUT2D eigenvalue weighted by atomic mass is 9.70. The minimum Gasteiger partial charge on any atom is -0.0988 e. The van der Waals surface area contributed by atoms with Crippen LogP contribution in [-0.2, 0) is 0 Å². The van der Waals surface area contributed by atoms with Crippen molar-refractivity contribution in [3.8, 4) is 0 Å². The fourth-order valence-corrected chi connectivity index (χ4v) is 2.62. The highest BCUT2D eigenvalue weighted by Crippen LogP contribution is 2.42. The van der Waals surface area contributed by atoms with Gasteiger partial charge in [-0.3, -0.25) is 0 Å². The second-order valence-corrected chi connectivity index (χ2v) is 5.00. The van der Waals surface area contributed by atoms with E-state index in [4.69, 9.17) is 0 Å². The maximum Gasteiger partial charge on any atom is -0.0262 e. The molecule has 0 spiro atoms. The second kappa shape index (κ2) is 6.15. The summed E-state index contributed by atoms with van der Waals surface area (Å²) < 4.78 is 0. The van der Waals surface area contributed by atoms with Crippen LogP contribution in [0.3, 0.4) is 0 Å². The lowest BCUT2D eigenvalue weighted by molar-refractivity contribution is 0.214. The van der Waals surface area contributed by atoms with E-state index >= 15 is 0 Å². The van der Waals surface area contributed by atoms with Crippen LogP contribution in [0.4, 0.5) is 0 Å². The van der Waals surface area contributed by atoms with Crippen molar-refractivity contribution in [2.24, 2.45) is 5.41 Å². The summed E-state index contributed by atoms with van der Waals surface area (Å²) in [6.45, 7) is 8.51. The maximum absolute atomic E-state index is 3.87. The molecule has 0 aromatic rings. The molecule has 0 fully saturated rings. The van der Waals surface area contributed by atoms with Gasteiger partial charge in [-0.05, 0) is 31.1 Å². The van der Waals surface area contributed by atoms with Gasteiger partial charge in [0.05, 0.1) is 0 Å². The van der Waals surface area contributed by atoms with Gasteiger partial charge < -0.3 is 0 Å². The molecule has 0 N–H and O–H groups in total. The first-order chi connectivity index (χ1) is 7.26. The van der Waals surface area contributed by atoms with Crippen LogP contribution in [-0.4, -0.2) is 0 Å². The van der Waals surface area contributed by atoms with E-state index in [1.165, 1.54) is 56.9 Å². The summed E-state index contributed by atoms with van der Waals surface area (Å²) in [5, 5.41) is 0. The smallest absolute Gasteiger partial charge is 0.0262 e. The van der Waals surface area contributed by atoms with E-state index < -0.39 is 0 Å². The van der Waals surface area contributed by atoms with Gasteiger partial charge in [-0.15, -0.1) is 0 Å². The van der Waals surface area contributed by atoms with Crippen LogP contribution in [0, 0.1) is 5.41 Å². The average Bonchev–Trinajstić information content (AvgIpc) is 2.30. The SMILES string of the molecule is C=CC1=CCC(CC)(CCCCC)CC1. The molecule has 1 atom stereocenters. The molecule has 1 aliphatic carbocycles. The zero-order chi connectivity index (χ0) is 11.1. The van der Waals surface area contributed by atoms with Crippen LogP contribution in [0.2, 0.25) is 0 Å². The Balaban J connectivity index is 2.48. The van der Waals surface area contributed by atoms with Gasteiger partial charge in [-0.2, -0.15) is 0 Å². The Morgan fingerprint density at radius 2 is 2.20 bits per heavy atom. The van der Waals surface area contributed by atoms with Crippen molar-refractivity contribution < 1.29 is 0 Å². The van der Waals surface area contributed by atoms with Crippen molar-refractivity contribution in [1.82, 2.24) is 0 Å². The van der Waals surface area contributed by atoms with Crippen molar-refractivity contribution in [3.63, 3.8) is 0 Å². The van der Waals surface area contributed by atoms with Crippen LogP contribution in [0.1, 0.15) is 65.2 Å². The molecule has 15 heavy (non-hydrogen) atoms. The Labute approximate surface area is 95.5 Å². The number of allylic oxidation sites excluding steroid dienone is 3. The first-order valence-electron chi connectivity index (χ1n) is 6.58. The van der Waals surface area contributed by atoms with Crippen molar-refractivity contribution >= 4 is 0 Å². The van der Waals surface area contributed by atoms with E-state index in [1.807, 2.05) is 6.08 Å². The summed E-state index contributed by atoms with van der Waals surface area (Å²) in [5.41, 5.74) is 2.09. The Bertz CT molecular complexity index is 224. The predicted molar refractivity (Wildman–Crippen MR) is 69.0 cm³/mol. The van der Waals surface area contributed by atoms with Gasteiger partial charge in [0.15, 0.2) is 0 Å². The van der Waals surface area contributed by atoms with Gasteiger partial charge in [0, 0.05) is 0 Å². The number of hydrogen-bond acceptors (Lipinski definition) is 0. The van der Waals surface area contributed by atoms with Gasteiger partial charge in [0.25, 0.3) is 0 Å². The molecular weight excluding hydrogens is 180 g/mol. The van der Waals surface area contributed by atoms with E-state index in [0.717, 1.165) is 0 Å². The van der Waals surface area contributed by atoms with Crippen LogP contribution >= 0.6 is 0 Å². The van der Waals surface area contributed by atoms with Gasteiger partial charge in [0.2, 0.25) is 0 Å². The molecule has 0 nitrogen and oxygen atoms in total. The molecule has 0 amide bonds. The number of hydrogen-bond donors (Lipinski definition) is 0. The van der Waals surface area contributed by atoms with Gasteiger partial charge in [0.1, 0.15) is 0 Å². The Hall–Kier alpha value is -0.520. The van der Waals surface area contributed by atoms with Crippen LogP contribution in [0.15, 0.2) is 24.3 Å². The lowest BCUT2D eigenvalue weighted by Crippen LogP contribution is -2.22. The summed E-state index contributed by atoms with van der Waals surface area (Å²) in [6, 6.07) is 0. The van der Waals surface area contributed by atoms with Crippen LogP contribution < -0.4 is 0 Å². The summed E-state index contributed by atoms with van der Waals surface area (Å²) in [7, 11) is 0. The average molecular weight is 206 g/mol. The molecule has 0 radical (unpaired) electrons. The van der Waals surface area contributed by atoms with Gasteiger partial charge in [-0.1, -0.05) is 63.8 Å². The zero-order valence-corrected chi connectivity index (χ0v) is 10.5. The highest BCUT2D eigenvalue weighted by Gasteiger charge is 2.28. The molecule has 86 valence electrons. The molecule has 0 saturated carbocycles. The van der Waals surface area contributed by atoms with Gasteiger partial charge in [-0.25, -0.2) is 0 Å². The Morgan fingerprint density at radius 3 is 2.67 bits per heavy atom. The second-order valence-electron chi connectivity index (χ2n) is 5.00. The van der Waals surface area contributed by atoms with Crippen LogP contribution in [0.25, 0.3) is 0 Å². The minimum absolute atomic E-state index is 0.627. The third-order valence-corrected chi connectivity index (χ3v) is 4.06. The minimum atomic E-state index is 0.627. The van der Waals surface area contributed by atoms with E-state index in [0.29, 0.717) is 5.41 Å². The normalized spacial score (nSPS) is 26.1. The van der Waals surface area contributed by atoms with Gasteiger partial charge >= 0.3 is 0 Å². The third kappa shape index (κ3) is 3.52. The third-order valence-electron chi connectivity index (χ3n) is 4.06. The topological polar surface area (TPSA) is 0 Å². The molecule has 1 aliphatic rings. The summed E-state index contributed by atoms with van der Waals surface area (Å²) in [4.78, 5) is 0. The Morgan fingerprint density at radius 1 is 1.40 bits per heavy atom. The van der Waals surface area contributed by atoms with Crippen molar-refractivity contribution in [1.29, 1.82) is 0 Å². The lowest BCUT2D eigenvalue weighted by Gasteiger charge is -2.35. The summed E-state index contributed by atoms with van der Waals surface area (Å²) in [5.74, 6) is 0. The van der Waals surface area contributed by atoms with Crippen molar-refractivity contribution in [3.05, 3.63) is 24.3 Å². The van der Waals surface area contributed by atoms with E-state index in [-0.39, 0.29) is 0 Å². The summed E-state index contributed by atoms with van der Waals surface area (Å²) >= 11 is 0. The monoisotopic (exact) mass is 206 g/mol. The number of rotatable bonds is 6. The van der Waals surface area contributed by atoms with E-state index in [2.05, 4.69) is 26.5 Å². The Kier molecular flexibility index (Phi) is 5.14. The molecule has 0 aliphatic heterocycles. The molecule has 0 aromatic heterocycles. The molecule has 0 heteroatoms. The standard InChI is InChI=1S/C15H26/c1-4-7-8-11-15(6-3)12-9-14(5-2)10-13-15/h5,9H,2,4,6-8,10-13H2,1,3H3. The fourth-order valence-electron chi connectivity index (χ4n) is 2.62. The molecule has 0 heterocycles. The summed E-state index contributed by atoms with van der Waals surface area (Å²) in [6.07, 6.45) is 15.3. The molecule has 0 bridgehead atoms. The van der Waals surface area contributed by atoms with E-state index in [1.54, 1.807) is 0 Å². The fraction of sp³-hybridized carbons (Fsp3) is 0.733. The predicted octanol–water partition coefficient (Wildman–Crippen LogP) is 5.26. The van der Waals surface area contributed by atoms with Crippen molar-refractivity contribution in [2.45, 2.75) is 65.2 Å². The molecule has 1 rings (SSSR count). The quantitative estimate of drug-likeness (QED) is 0.520. The highest BCUT2D eigenvalue weighted by molar-refractivity contribution is 5.19. The van der Waals surface area contributed by atoms with E-state index in [9.17, 15) is 0 Å². The van der Waals surface area contributed by atoms with Crippen molar-refractivity contribution in [2.75, 3.05) is 0 Å². The van der Waals surface area contributed by atoms with Crippen LogP contribution in [0.5, 0.6) is 0 Å². The maximum atomic E-state index is 3.87. The molecule has 0 aromatic carbocycles. The first-order valence-corrected chi connectivity index (χ1v) is 6.58. The molecule has 1 unspecified atom stereocenters.